The fourth-order valence-electron chi connectivity index (χ4n) is 4.27. The number of carbonyl (C=O) groups excluding carboxylic acids is 2. The lowest BCUT2D eigenvalue weighted by Gasteiger charge is -2.35. The number of aliphatic imine (C=N–C) groups is 1. The number of amidine groups is 1. The Morgan fingerprint density at radius 3 is 2.76 bits per heavy atom. The third-order valence-electron chi connectivity index (χ3n) is 5.76. The molecule has 1 aromatic heterocycles. The minimum absolute atomic E-state index is 0.247. The molecular formula is C25H30N4O2S2. The second kappa shape index (κ2) is 9.81. The van der Waals surface area contributed by atoms with Gasteiger partial charge in [-0.1, -0.05) is 19.1 Å². The van der Waals surface area contributed by atoms with E-state index in [2.05, 4.69) is 52.6 Å². The number of imide groups is 1. The van der Waals surface area contributed by atoms with Crippen LogP contribution in [0.25, 0.3) is 0 Å². The predicted octanol–water partition coefficient (Wildman–Crippen LogP) is 5.95. The van der Waals surface area contributed by atoms with E-state index in [-0.39, 0.29) is 11.1 Å². The average molecular weight is 483 g/mol. The summed E-state index contributed by atoms with van der Waals surface area (Å²) in [5, 5.41) is 7.41. The summed E-state index contributed by atoms with van der Waals surface area (Å²) >= 11 is 2.87. The summed E-state index contributed by atoms with van der Waals surface area (Å²) < 4.78 is -0.519. The van der Waals surface area contributed by atoms with Crippen LogP contribution < -0.4 is 4.90 Å². The largest absolute Gasteiger partial charge is 0.325 e. The molecule has 3 heterocycles. The Morgan fingerprint density at radius 2 is 2.06 bits per heavy atom. The number of carbonyl (C=O) groups is 2. The number of aryl methyl sites for hydroxylation is 1. The number of hydrazone groups is 1. The van der Waals surface area contributed by atoms with E-state index in [1.807, 2.05) is 20.8 Å². The summed E-state index contributed by atoms with van der Waals surface area (Å²) in [5.74, 6) is 0.775. The van der Waals surface area contributed by atoms with E-state index in [1.165, 1.54) is 16.1 Å². The number of thiophene rings is 1. The van der Waals surface area contributed by atoms with Gasteiger partial charge in [-0.05, 0) is 86.5 Å². The Kier molecular flexibility index (Phi) is 7.05. The highest BCUT2D eigenvalue weighted by molar-refractivity contribution is 8.15. The Morgan fingerprint density at radius 1 is 1.24 bits per heavy atom. The molecule has 2 aliphatic rings. The molecule has 0 atom stereocenters. The smallest absolute Gasteiger partial charge is 0.309 e. The minimum Gasteiger partial charge on any atom is -0.325 e. The lowest BCUT2D eigenvalue weighted by atomic mass is 9.93. The second-order valence-electron chi connectivity index (χ2n) is 8.66. The van der Waals surface area contributed by atoms with Crippen molar-refractivity contribution in [1.29, 1.82) is 0 Å². The highest BCUT2D eigenvalue weighted by Crippen LogP contribution is 2.38. The van der Waals surface area contributed by atoms with Gasteiger partial charge in [0.2, 0.25) is 0 Å². The third-order valence-corrected chi connectivity index (χ3v) is 7.68. The summed E-state index contributed by atoms with van der Waals surface area (Å²) in [4.78, 5) is 33.4. The van der Waals surface area contributed by atoms with Gasteiger partial charge in [-0.15, -0.1) is 11.3 Å². The van der Waals surface area contributed by atoms with Crippen LogP contribution in [-0.4, -0.2) is 45.5 Å². The fraction of sp³-hybridized carbons (Fsp3) is 0.440. The minimum atomic E-state index is -0.519. The highest BCUT2D eigenvalue weighted by Gasteiger charge is 2.40. The number of anilines is 1. The van der Waals surface area contributed by atoms with Gasteiger partial charge in [-0.3, -0.25) is 14.6 Å². The first kappa shape index (κ1) is 23.7. The Bertz CT molecular complexity index is 1110. The first-order chi connectivity index (χ1) is 15.9. The lowest BCUT2D eigenvalue weighted by molar-refractivity contribution is -0.127. The molecule has 2 amide bonds. The number of benzene rings is 1. The molecule has 0 fully saturated rings. The van der Waals surface area contributed by atoms with Crippen LogP contribution >= 0.6 is 23.1 Å². The molecule has 2 aromatic rings. The van der Waals surface area contributed by atoms with Crippen LogP contribution in [0, 0.1) is 0 Å². The average Bonchev–Trinajstić information content (AvgIpc) is 3.31. The van der Waals surface area contributed by atoms with Gasteiger partial charge in [0.1, 0.15) is 5.84 Å². The topological polar surface area (TPSA) is 65.3 Å². The normalized spacial score (nSPS) is 18.2. The summed E-state index contributed by atoms with van der Waals surface area (Å²) in [6.07, 6.45) is 3.00. The molecular weight excluding hydrogens is 452 g/mol. The summed E-state index contributed by atoms with van der Waals surface area (Å²) in [6, 6.07) is 10.6. The molecule has 0 aliphatic carbocycles. The lowest BCUT2D eigenvalue weighted by Crippen LogP contribution is -2.43. The van der Waals surface area contributed by atoms with Crippen molar-refractivity contribution in [3.8, 4) is 0 Å². The van der Waals surface area contributed by atoms with Crippen LogP contribution in [0.15, 0.2) is 45.8 Å². The zero-order chi connectivity index (χ0) is 23.6. The molecule has 33 heavy (non-hydrogen) atoms. The van der Waals surface area contributed by atoms with E-state index in [0.29, 0.717) is 12.8 Å². The molecule has 0 radical (unpaired) electrons. The zero-order valence-electron chi connectivity index (χ0n) is 19.6. The molecule has 0 spiro atoms. The third kappa shape index (κ3) is 4.77. The van der Waals surface area contributed by atoms with Gasteiger partial charge >= 0.3 is 5.24 Å². The van der Waals surface area contributed by atoms with E-state index in [9.17, 15) is 9.59 Å². The summed E-state index contributed by atoms with van der Waals surface area (Å²) in [7, 11) is 0. The number of fused-ring (bicyclic) bond motifs is 1. The number of amides is 2. The van der Waals surface area contributed by atoms with E-state index in [0.717, 1.165) is 59.8 Å². The van der Waals surface area contributed by atoms with E-state index < -0.39 is 4.75 Å². The van der Waals surface area contributed by atoms with Crippen molar-refractivity contribution in [3.63, 3.8) is 0 Å². The Balaban J connectivity index is 1.73. The first-order valence-electron chi connectivity index (χ1n) is 11.5. The van der Waals surface area contributed by atoms with Crippen LogP contribution in [-0.2, 0) is 11.2 Å². The van der Waals surface area contributed by atoms with Gasteiger partial charge in [0.15, 0.2) is 0 Å². The van der Waals surface area contributed by atoms with Crippen LogP contribution in [0.4, 0.5) is 10.5 Å². The number of hydrogen-bond acceptors (Lipinski definition) is 6. The van der Waals surface area contributed by atoms with Gasteiger partial charge in [-0.25, -0.2) is 0 Å². The molecule has 0 saturated heterocycles. The van der Waals surface area contributed by atoms with E-state index >= 15 is 0 Å². The van der Waals surface area contributed by atoms with Crippen molar-refractivity contribution in [2.45, 2.75) is 58.1 Å². The van der Waals surface area contributed by atoms with Crippen LogP contribution in [0.1, 0.15) is 63.0 Å². The van der Waals surface area contributed by atoms with Crippen molar-refractivity contribution in [1.82, 2.24) is 5.01 Å². The SMILES string of the molecule is CCCC(=O)N1N=C(c2ccc3c(c2)CCCN3C(=NCC)c2cccs2)C(C)(C)SC1=O. The van der Waals surface area contributed by atoms with Crippen LogP contribution in [0.5, 0.6) is 0 Å². The molecule has 1 aromatic carbocycles. The number of hydrogen-bond donors (Lipinski definition) is 0. The monoisotopic (exact) mass is 482 g/mol. The summed E-state index contributed by atoms with van der Waals surface area (Å²) in [6.45, 7) is 9.63. The second-order valence-corrected chi connectivity index (χ2v) is 11.2. The van der Waals surface area contributed by atoms with Crippen molar-refractivity contribution < 1.29 is 9.59 Å². The van der Waals surface area contributed by atoms with Gasteiger partial charge in [0, 0.05) is 25.2 Å². The molecule has 2 aliphatic heterocycles. The number of nitrogens with zero attached hydrogens (tertiary/aromatic N) is 4. The van der Waals surface area contributed by atoms with Crippen molar-refractivity contribution in [3.05, 3.63) is 51.7 Å². The van der Waals surface area contributed by atoms with Gasteiger partial charge in [-0.2, -0.15) is 10.1 Å². The molecule has 8 heteroatoms. The van der Waals surface area contributed by atoms with E-state index in [4.69, 9.17) is 4.99 Å². The van der Waals surface area contributed by atoms with Crippen molar-refractivity contribution in [2.75, 3.05) is 18.0 Å². The molecule has 174 valence electrons. The van der Waals surface area contributed by atoms with E-state index in [1.54, 1.807) is 11.3 Å². The number of rotatable bonds is 5. The maximum absolute atomic E-state index is 12.6. The standard InChI is InChI=1S/C25H30N4O2S2/c1-5-9-21(30)29-24(31)33-25(3,4)22(27-29)18-12-13-19-17(16-18)10-7-14-28(19)23(26-6-2)20-11-8-15-32-20/h8,11-13,15-16H,5-7,9-10,14H2,1-4H3. The molecule has 0 saturated carbocycles. The highest BCUT2D eigenvalue weighted by atomic mass is 32.2. The Labute approximate surface area is 203 Å². The van der Waals surface area contributed by atoms with Crippen LogP contribution in [0.2, 0.25) is 0 Å². The number of thioether (sulfide) groups is 1. The molecule has 0 N–H and O–H groups in total. The molecule has 0 unspecified atom stereocenters. The van der Waals surface area contributed by atoms with Gasteiger partial charge in [0.05, 0.1) is 15.3 Å². The maximum atomic E-state index is 12.6. The van der Waals surface area contributed by atoms with Crippen molar-refractivity contribution in [2.24, 2.45) is 10.1 Å². The van der Waals surface area contributed by atoms with Gasteiger partial charge < -0.3 is 4.90 Å². The summed E-state index contributed by atoms with van der Waals surface area (Å²) in [5.41, 5.74) is 4.13. The predicted molar refractivity (Wildman–Crippen MR) is 139 cm³/mol. The zero-order valence-corrected chi connectivity index (χ0v) is 21.3. The maximum Gasteiger partial charge on any atom is 0.309 e. The molecule has 6 nitrogen and oxygen atoms in total. The van der Waals surface area contributed by atoms with Crippen molar-refractivity contribution >= 4 is 51.5 Å². The quantitative estimate of drug-likeness (QED) is 0.390. The Hall–Kier alpha value is -2.45. The first-order valence-corrected chi connectivity index (χ1v) is 13.2. The van der Waals surface area contributed by atoms with Crippen LogP contribution in [0.3, 0.4) is 0 Å². The molecule has 4 rings (SSSR count). The van der Waals surface area contributed by atoms with Gasteiger partial charge in [0.25, 0.3) is 5.91 Å². The molecule has 0 bridgehead atoms. The fourth-order valence-corrected chi connectivity index (χ4v) is 5.93.